The van der Waals surface area contributed by atoms with E-state index in [1.807, 2.05) is 6.92 Å². The lowest BCUT2D eigenvalue weighted by molar-refractivity contribution is -0.136. The fourth-order valence-corrected chi connectivity index (χ4v) is 5.61. The van der Waals surface area contributed by atoms with Gasteiger partial charge in [0.15, 0.2) is 0 Å². The second kappa shape index (κ2) is 9.58. The molecule has 5 nitrogen and oxygen atoms in total. The lowest BCUT2D eigenvalue weighted by Gasteiger charge is -2.29. The number of benzene rings is 2. The van der Waals surface area contributed by atoms with Crippen LogP contribution in [0.1, 0.15) is 45.6 Å². The summed E-state index contributed by atoms with van der Waals surface area (Å²) in [6, 6.07) is 9.08. The van der Waals surface area contributed by atoms with Crippen LogP contribution in [-0.2, 0) is 9.53 Å². The van der Waals surface area contributed by atoms with Crippen molar-refractivity contribution in [1.82, 2.24) is 0 Å². The van der Waals surface area contributed by atoms with Crippen molar-refractivity contribution in [2.75, 3.05) is 18.2 Å². The van der Waals surface area contributed by atoms with Gasteiger partial charge in [-0.15, -0.1) is 11.3 Å². The maximum Gasteiger partial charge on any atom is 0.336 e. The molecule has 4 rings (SSSR count). The molecule has 1 aromatic heterocycles. The van der Waals surface area contributed by atoms with E-state index in [2.05, 4.69) is 5.32 Å². The molecule has 1 atom stereocenters. The zero-order valence-electron chi connectivity index (χ0n) is 18.0. The normalized spacial score (nSPS) is 15.1. The molecule has 176 valence electrons. The fraction of sp³-hybridized carbons (Fsp3) is 0.167. The molecular weight excluding hydrogens is 522 g/mol. The summed E-state index contributed by atoms with van der Waals surface area (Å²) >= 11 is 19.3. The van der Waals surface area contributed by atoms with Crippen molar-refractivity contribution < 1.29 is 18.7 Å². The van der Waals surface area contributed by atoms with E-state index in [9.17, 15) is 9.59 Å². The monoisotopic (exact) mass is 538 g/mol. The predicted molar refractivity (Wildman–Crippen MR) is 135 cm³/mol. The van der Waals surface area contributed by atoms with Gasteiger partial charge in [-0.05, 0) is 30.7 Å². The number of ether oxygens (including phenoxy) is 1. The van der Waals surface area contributed by atoms with E-state index in [0.29, 0.717) is 33.3 Å². The number of nitrogens with two attached hydrogens (primary N) is 1. The van der Waals surface area contributed by atoms with Crippen LogP contribution < -0.4 is 11.1 Å². The number of carbonyl (C=O) groups excluding carboxylic acids is 2. The summed E-state index contributed by atoms with van der Waals surface area (Å²) in [5.74, 6) is -2.62. The Morgan fingerprint density at radius 3 is 2.53 bits per heavy atom. The minimum Gasteiger partial charge on any atom is -0.466 e. The zero-order valence-corrected chi connectivity index (χ0v) is 21.1. The van der Waals surface area contributed by atoms with E-state index >= 15 is 4.39 Å². The Bertz CT molecular complexity index is 1370. The molecule has 1 aliphatic heterocycles. The Labute approximate surface area is 214 Å². The van der Waals surface area contributed by atoms with Crippen LogP contribution >= 0.6 is 46.1 Å². The van der Waals surface area contributed by atoms with Crippen LogP contribution in [-0.4, -0.2) is 18.9 Å². The molecule has 0 saturated carbocycles. The summed E-state index contributed by atoms with van der Waals surface area (Å²) < 4.78 is 20.3. The van der Waals surface area contributed by atoms with Crippen LogP contribution in [0.5, 0.6) is 0 Å². The number of ketones is 1. The first-order valence-corrected chi connectivity index (χ1v) is 12.1. The highest BCUT2D eigenvalue weighted by molar-refractivity contribution is 7.19. The van der Waals surface area contributed by atoms with Gasteiger partial charge < -0.3 is 15.8 Å². The number of anilines is 2. The van der Waals surface area contributed by atoms with Gasteiger partial charge in [-0.25, -0.2) is 9.18 Å². The van der Waals surface area contributed by atoms with Crippen molar-refractivity contribution in [2.24, 2.45) is 0 Å². The average molecular weight is 540 g/mol. The van der Waals surface area contributed by atoms with E-state index in [1.165, 1.54) is 31.4 Å². The lowest BCUT2D eigenvalue weighted by atomic mass is 9.81. The second-order valence-corrected chi connectivity index (χ2v) is 9.73. The number of nitrogens with one attached hydrogen (secondary N) is 1. The first-order valence-electron chi connectivity index (χ1n) is 10.1. The number of esters is 1. The standard InChI is InChI=1S/C24H18Cl3FN2O3S/c1-3-15-17(24(32)33-2)16(11-5-4-6-13(26)19(11)28)18-20(29)22(34-23(18)30-15)21(31)10-7-8-12(25)14(27)9-10/h4-9,16,30H,3,29H2,1-2H3/t16-/m0/s1. The Balaban J connectivity index is 1.95. The highest BCUT2D eigenvalue weighted by Crippen LogP contribution is 2.51. The van der Waals surface area contributed by atoms with Gasteiger partial charge in [0.2, 0.25) is 5.78 Å². The first-order chi connectivity index (χ1) is 16.2. The molecule has 0 radical (unpaired) electrons. The molecule has 0 aliphatic carbocycles. The van der Waals surface area contributed by atoms with Crippen LogP contribution in [0, 0.1) is 5.82 Å². The van der Waals surface area contributed by atoms with Crippen LogP contribution in [0.2, 0.25) is 15.1 Å². The minimum atomic E-state index is -0.927. The van der Waals surface area contributed by atoms with Crippen molar-refractivity contribution in [2.45, 2.75) is 19.3 Å². The zero-order chi connectivity index (χ0) is 24.7. The van der Waals surface area contributed by atoms with Gasteiger partial charge in [0, 0.05) is 22.4 Å². The Hall–Kier alpha value is -2.58. The molecule has 34 heavy (non-hydrogen) atoms. The third-order valence-electron chi connectivity index (χ3n) is 5.59. The van der Waals surface area contributed by atoms with Crippen molar-refractivity contribution in [3.63, 3.8) is 0 Å². The summed E-state index contributed by atoms with van der Waals surface area (Å²) in [7, 11) is 1.25. The Morgan fingerprint density at radius 1 is 1.15 bits per heavy atom. The summed E-state index contributed by atoms with van der Waals surface area (Å²) in [4.78, 5) is 26.4. The van der Waals surface area contributed by atoms with Crippen molar-refractivity contribution in [3.05, 3.63) is 90.1 Å². The first kappa shape index (κ1) is 24.5. The topological polar surface area (TPSA) is 81.4 Å². The highest BCUT2D eigenvalue weighted by Gasteiger charge is 2.39. The SMILES string of the molecule is CCC1=C(C(=O)OC)[C@H](c2cccc(Cl)c2F)c2c(sc(C(=O)c3ccc(Cl)c(Cl)c3)c2N)N1. The van der Waals surface area contributed by atoms with Crippen molar-refractivity contribution in [3.8, 4) is 0 Å². The highest BCUT2D eigenvalue weighted by atomic mass is 35.5. The quantitative estimate of drug-likeness (QED) is 0.268. The van der Waals surface area contributed by atoms with Gasteiger partial charge in [0.25, 0.3) is 0 Å². The molecule has 2 heterocycles. The molecule has 0 unspecified atom stereocenters. The van der Waals surface area contributed by atoms with Gasteiger partial charge in [-0.1, -0.05) is 53.9 Å². The summed E-state index contributed by atoms with van der Waals surface area (Å²) in [6.45, 7) is 1.85. The number of rotatable bonds is 5. The average Bonchev–Trinajstić information content (AvgIpc) is 3.16. The van der Waals surface area contributed by atoms with Gasteiger partial charge in [-0.3, -0.25) is 4.79 Å². The number of allylic oxidation sites excluding steroid dienone is 1. The van der Waals surface area contributed by atoms with Crippen LogP contribution in [0.3, 0.4) is 0 Å². The molecule has 3 aromatic rings. The number of nitrogen functional groups attached to an aromatic ring is 1. The summed E-state index contributed by atoms with van der Waals surface area (Å²) in [6.07, 6.45) is 0.427. The number of methoxy groups -OCH3 is 1. The van der Waals surface area contributed by atoms with Gasteiger partial charge in [0.05, 0.1) is 44.4 Å². The molecule has 0 saturated heterocycles. The number of thiophene rings is 1. The molecule has 0 spiro atoms. The number of hydrogen-bond donors (Lipinski definition) is 2. The number of fused-ring (bicyclic) bond motifs is 1. The third kappa shape index (κ3) is 4.07. The molecule has 10 heteroatoms. The van der Waals surface area contributed by atoms with E-state index in [0.717, 1.165) is 11.3 Å². The smallest absolute Gasteiger partial charge is 0.336 e. The molecule has 0 amide bonds. The summed E-state index contributed by atoms with van der Waals surface area (Å²) in [5.41, 5.74) is 8.23. The molecule has 2 aromatic carbocycles. The van der Waals surface area contributed by atoms with Gasteiger partial charge in [-0.2, -0.15) is 0 Å². The maximum atomic E-state index is 15.2. The van der Waals surface area contributed by atoms with Crippen molar-refractivity contribution >= 4 is 68.6 Å². The predicted octanol–water partition coefficient (Wildman–Crippen LogP) is 7.06. The van der Waals surface area contributed by atoms with Crippen LogP contribution in [0.25, 0.3) is 0 Å². The third-order valence-corrected chi connectivity index (χ3v) is 7.76. The fourth-order valence-electron chi connectivity index (χ4n) is 3.98. The molecule has 0 fully saturated rings. The van der Waals surface area contributed by atoms with Crippen molar-refractivity contribution in [1.29, 1.82) is 0 Å². The Kier molecular flexibility index (Phi) is 6.92. The molecule has 0 bridgehead atoms. The number of carbonyl (C=O) groups is 2. The van der Waals surface area contributed by atoms with Crippen LogP contribution in [0.4, 0.5) is 15.1 Å². The van der Waals surface area contributed by atoms with E-state index in [4.69, 9.17) is 45.3 Å². The minimum absolute atomic E-state index is 0.0965. The van der Waals surface area contributed by atoms with E-state index in [-0.39, 0.29) is 37.5 Å². The van der Waals surface area contributed by atoms with E-state index < -0.39 is 17.7 Å². The number of halogens is 4. The second-order valence-electron chi connectivity index (χ2n) is 7.48. The van der Waals surface area contributed by atoms with Gasteiger partial charge in [0.1, 0.15) is 10.7 Å². The number of hydrogen-bond acceptors (Lipinski definition) is 6. The van der Waals surface area contributed by atoms with E-state index in [1.54, 1.807) is 12.1 Å². The summed E-state index contributed by atoms with van der Waals surface area (Å²) in [5, 5.41) is 4.18. The molecule has 1 aliphatic rings. The van der Waals surface area contributed by atoms with Crippen LogP contribution in [0.15, 0.2) is 47.7 Å². The lowest BCUT2D eigenvalue weighted by Crippen LogP contribution is -2.25. The molecule has 3 N–H and O–H groups in total. The Morgan fingerprint density at radius 2 is 1.88 bits per heavy atom. The van der Waals surface area contributed by atoms with Gasteiger partial charge >= 0.3 is 5.97 Å². The maximum absolute atomic E-state index is 15.2. The largest absolute Gasteiger partial charge is 0.466 e. The molecular formula is C24H18Cl3FN2O3S.